The van der Waals surface area contributed by atoms with Gasteiger partial charge in [-0.25, -0.2) is 19.6 Å². The van der Waals surface area contributed by atoms with E-state index in [2.05, 4.69) is 22.7 Å². The van der Waals surface area contributed by atoms with E-state index >= 15 is 0 Å². The second-order valence-corrected chi connectivity index (χ2v) is 10.0. The summed E-state index contributed by atoms with van der Waals surface area (Å²) in [4.78, 5) is 30.6. The van der Waals surface area contributed by atoms with Crippen LogP contribution in [0, 0.1) is 5.82 Å². The monoisotopic (exact) mass is 595 g/mol. The van der Waals surface area contributed by atoms with Crippen molar-refractivity contribution in [1.82, 2.24) is 10.4 Å². The van der Waals surface area contributed by atoms with Crippen LogP contribution in [0.15, 0.2) is 132 Å². The van der Waals surface area contributed by atoms with Crippen LogP contribution in [0.25, 0.3) is 33.3 Å². The fraction of sp³-hybridized carbons (Fsp3) is 0.0270. The Morgan fingerprint density at radius 3 is 2.20 bits per heavy atom. The van der Waals surface area contributed by atoms with Crippen molar-refractivity contribution in [2.75, 3.05) is 7.11 Å². The van der Waals surface area contributed by atoms with E-state index in [1.807, 2.05) is 66.7 Å². The van der Waals surface area contributed by atoms with Crippen molar-refractivity contribution in [3.05, 3.63) is 150 Å². The lowest BCUT2D eigenvalue weighted by Crippen LogP contribution is -2.18. The molecule has 0 radical (unpaired) electrons. The third-order valence-corrected chi connectivity index (χ3v) is 7.10. The Labute approximate surface area is 258 Å². The fourth-order valence-corrected chi connectivity index (χ4v) is 4.79. The fourth-order valence-electron chi connectivity index (χ4n) is 4.79. The summed E-state index contributed by atoms with van der Waals surface area (Å²) in [6, 6.07) is 37.2. The van der Waals surface area contributed by atoms with Crippen LogP contribution in [0.1, 0.15) is 26.3 Å². The first kappa shape index (κ1) is 28.9. The molecular weight excluding hydrogens is 569 g/mol. The molecule has 1 aromatic heterocycles. The number of carbonyl (C=O) groups excluding carboxylic acids is 2. The summed E-state index contributed by atoms with van der Waals surface area (Å²) < 4.78 is 24.0. The number of pyridine rings is 1. The SMILES string of the molecule is COc1cc(C=NNC(=O)c2cc(-c3ccc(-c4ccccc4)cc3)nc3ccccc23)ccc1OC(=O)c1ccc(F)cc1. The summed E-state index contributed by atoms with van der Waals surface area (Å²) >= 11 is 0. The second kappa shape index (κ2) is 13.0. The number of methoxy groups -OCH3 is 1. The second-order valence-electron chi connectivity index (χ2n) is 10.0. The highest BCUT2D eigenvalue weighted by atomic mass is 19.1. The van der Waals surface area contributed by atoms with E-state index in [4.69, 9.17) is 14.5 Å². The van der Waals surface area contributed by atoms with Gasteiger partial charge in [-0.1, -0.05) is 72.8 Å². The molecule has 1 N–H and O–H groups in total. The molecule has 0 aliphatic rings. The van der Waals surface area contributed by atoms with Crippen molar-refractivity contribution in [2.24, 2.45) is 5.10 Å². The van der Waals surface area contributed by atoms with Gasteiger partial charge in [0.15, 0.2) is 11.5 Å². The van der Waals surface area contributed by atoms with Crippen LogP contribution in [-0.4, -0.2) is 30.2 Å². The van der Waals surface area contributed by atoms with Gasteiger partial charge in [-0.3, -0.25) is 4.79 Å². The van der Waals surface area contributed by atoms with Gasteiger partial charge in [0.1, 0.15) is 5.82 Å². The van der Waals surface area contributed by atoms with Gasteiger partial charge in [0, 0.05) is 10.9 Å². The first-order valence-corrected chi connectivity index (χ1v) is 14.0. The van der Waals surface area contributed by atoms with E-state index in [0.29, 0.717) is 27.7 Å². The van der Waals surface area contributed by atoms with Crippen LogP contribution < -0.4 is 14.9 Å². The Balaban J connectivity index is 1.20. The molecule has 0 aliphatic carbocycles. The van der Waals surface area contributed by atoms with Gasteiger partial charge in [-0.2, -0.15) is 5.10 Å². The lowest BCUT2D eigenvalue weighted by molar-refractivity contribution is 0.0729. The third-order valence-electron chi connectivity index (χ3n) is 7.10. The van der Waals surface area contributed by atoms with Crippen molar-refractivity contribution < 1.29 is 23.5 Å². The van der Waals surface area contributed by atoms with Crippen molar-refractivity contribution in [1.29, 1.82) is 0 Å². The number of hydrogen-bond donors (Lipinski definition) is 1. The average Bonchev–Trinajstić information content (AvgIpc) is 3.09. The van der Waals surface area contributed by atoms with Gasteiger partial charge in [0.25, 0.3) is 5.91 Å². The molecule has 0 bridgehead atoms. The number of para-hydroxylation sites is 1. The van der Waals surface area contributed by atoms with Gasteiger partial charge in [-0.15, -0.1) is 0 Å². The predicted octanol–water partition coefficient (Wildman–Crippen LogP) is 7.70. The zero-order valence-electron chi connectivity index (χ0n) is 24.1. The number of nitrogens with zero attached hydrogens (tertiary/aromatic N) is 2. The number of esters is 1. The maximum Gasteiger partial charge on any atom is 0.343 e. The molecule has 0 fully saturated rings. The zero-order valence-corrected chi connectivity index (χ0v) is 24.1. The number of hydrogen-bond acceptors (Lipinski definition) is 6. The molecule has 0 spiro atoms. The standard InChI is InChI=1S/C37H26FN3O4/c1-44-35-21-24(11-20-34(35)45-37(43)28-16-18-29(38)19-17-28)23-39-41-36(42)31-22-33(40-32-10-6-5-9-30(31)32)27-14-12-26(13-15-27)25-7-3-2-4-8-25/h2-23H,1H3,(H,41,42). The first-order valence-electron chi connectivity index (χ1n) is 14.0. The number of rotatable bonds is 8. The maximum atomic E-state index is 13.4. The highest BCUT2D eigenvalue weighted by molar-refractivity contribution is 6.07. The number of aromatic nitrogens is 1. The largest absolute Gasteiger partial charge is 0.493 e. The lowest BCUT2D eigenvalue weighted by Gasteiger charge is -2.10. The number of benzene rings is 5. The molecule has 220 valence electrons. The maximum absolute atomic E-state index is 13.4. The minimum Gasteiger partial charge on any atom is -0.493 e. The highest BCUT2D eigenvalue weighted by Crippen LogP contribution is 2.29. The summed E-state index contributed by atoms with van der Waals surface area (Å²) in [5.74, 6) is -1.04. The average molecular weight is 596 g/mol. The summed E-state index contributed by atoms with van der Waals surface area (Å²) in [7, 11) is 1.44. The Kier molecular flexibility index (Phi) is 8.37. The van der Waals surface area contributed by atoms with Crippen LogP contribution in [-0.2, 0) is 0 Å². The van der Waals surface area contributed by atoms with Crippen LogP contribution >= 0.6 is 0 Å². The van der Waals surface area contributed by atoms with E-state index < -0.39 is 17.7 Å². The smallest absolute Gasteiger partial charge is 0.343 e. The number of carbonyl (C=O) groups is 2. The summed E-state index contributed by atoms with van der Waals surface area (Å²) in [6.07, 6.45) is 1.46. The Morgan fingerprint density at radius 2 is 1.44 bits per heavy atom. The molecule has 5 aromatic carbocycles. The van der Waals surface area contributed by atoms with E-state index in [0.717, 1.165) is 16.7 Å². The predicted molar refractivity (Wildman–Crippen MR) is 172 cm³/mol. The number of amides is 1. The van der Waals surface area contributed by atoms with E-state index in [1.54, 1.807) is 24.3 Å². The summed E-state index contributed by atoms with van der Waals surface area (Å²) in [5, 5.41) is 4.85. The molecule has 0 aliphatic heterocycles. The molecule has 7 nitrogen and oxygen atoms in total. The van der Waals surface area contributed by atoms with Crippen molar-refractivity contribution in [3.63, 3.8) is 0 Å². The molecule has 8 heteroatoms. The van der Waals surface area contributed by atoms with Gasteiger partial charge >= 0.3 is 5.97 Å². The highest BCUT2D eigenvalue weighted by Gasteiger charge is 2.15. The normalized spacial score (nSPS) is 11.0. The number of halogens is 1. The topological polar surface area (TPSA) is 89.9 Å². The molecule has 6 aromatic rings. The van der Waals surface area contributed by atoms with Crippen LogP contribution in [0.3, 0.4) is 0 Å². The van der Waals surface area contributed by atoms with Crippen LogP contribution in [0.5, 0.6) is 11.5 Å². The van der Waals surface area contributed by atoms with Crippen molar-refractivity contribution in [3.8, 4) is 33.9 Å². The van der Waals surface area contributed by atoms with Crippen molar-refractivity contribution >= 4 is 29.0 Å². The van der Waals surface area contributed by atoms with Gasteiger partial charge < -0.3 is 9.47 Å². The molecule has 6 rings (SSSR count). The molecule has 0 atom stereocenters. The minimum atomic E-state index is -0.655. The molecule has 1 amide bonds. The molecule has 0 saturated carbocycles. The number of hydrazone groups is 1. The Morgan fingerprint density at radius 1 is 0.756 bits per heavy atom. The number of fused-ring (bicyclic) bond motifs is 1. The van der Waals surface area contributed by atoms with Crippen LogP contribution in [0.4, 0.5) is 4.39 Å². The summed E-state index contributed by atoms with van der Waals surface area (Å²) in [6.45, 7) is 0. The minimum absolute atomic E-state index is 0.181. The Bertz CT molecular complexity index is 2030. The summed E-state index contributed by atoms with van der Waals surface area (Å²) in [5.41, 5.74) is 8.26. The van der Waals surface area contributed by atoms with Gasteiger partial charge in [0.2, 0.25) is 0 Å². The van der Waals surface area contributed by atoms with Crippen molar-refractivity contribution in [2.45, 2.75) is 0 Å². The first-order chi connectivity index (χ1) is 22.0. The molecule has 1 heterocycles. The van der Waals surface area contributed by atoms with Gasteiger partial charge in [0.05, 0.1) is 35.7 Å². The Hall–Kier alpha value is -6.15. The third kappa shape index (κ3) is 6.60. The molecule has 0 saturated heterocycles. The quantitative estimate of drug-likeness (QED) is 0.0843. The number of nitrogens with one attached hydrogen (secondary N) is 1. The zero-order chi connectivity index (χ0) is 31.2. The number of ether oxygens (including phenoxy) is 2. The lowest BCUT2D eigenvalue weighted by atomic mass is 10.0. The van der Waals surface area contributed by atoms with E-state index in [9.17, 15) is 14.0 Å². The molecular formula is C37H26FN3O4. The van der Waals surface area contributed by atoms with Crippen LogP contribution in [0.2, 0.25) is 0 Å². The molecule has 0 unspecified atom stereocenters. The molecule has 45 heavy (non-hydrogen) atoms. The van der Waals surface area contributed by atoms with Gasteiger partial charge in [-0.05, 0) is 71.3 Å². The van der Waals surface area contributed by atoms with E-state index in [1.165, 1.54) is 37.6 Å². The van der Waals surface area contributed by atoms with E-state index in [-0.39, 0.29) is 17.1 Å².